The molecular formula is C20H21N5O. The zero-order chi connectivity index (χ0) is 17.8. The van der Waals surface area contributed by atoms with Crippen LogP contribution in [0.15, 0.2) is 60.8 Å². The highest BCUT2D eigenvalue weighted by molar-refractivity contribution is 5.89. The quantitative estimate of drug-likeness (QED) is 0.791. The van der Waals surface area contributed by atoms with Crippen molar-refractivity contribution in [2.24, 2.45) is 0 Å². The molecule has 6 heteroatoms. The van der Waals surface area contributed by atoms with E-state index in [2.05, 4.69) is 20.2 Å². The first-order chi connectivity index (χ1) is 12.8. The van der Waals surface area contributed by atoms with Crippen LogP contribution >= 0.6 is 0 Å². The van der Waals surface area contributed by atoms with Crippen LogP contribution < -0.4 is 5.32 Å². The molecule has 1 aliphatic heterocycles. The number of nitrogens with zero attached hydrogens (tertiary/aromatic N) is 4. The van der Waals surface area contributed by atoms with Crippen LogP contribution in [-0.2, 0) is 6.54 Å². The lowest BCUT2D eigenvalue weighted by atomic mass is 10.2. The molecular weight excluding hydrogens is 326 g/mol. The van der Waals surface area contributed by atoms with Crippen molar-refractivity contribution in [3.63, 3.8) is 0 Å². The van der Waals surface area contributed by atoms with E-state index in [9.17, 15) is 4.79 Å². The molecule has 0 saturated carbocycles. The van der Waals surface area contributed by atoms with Gasteiger partial charge in [0.2, 0.25) is 0 Å². The van der Waals surface area contributed by atoms with Gasteiger partial charge in [-0.3, -0.25) is 9.88 Å². The molecule has 1 aliphatic rings. The second-order valence-electron chi connectivity index (χ2n) is 6.41. The summed E-state index contributed by atoms with van der Waals surface area (Å²) in [6.07, 6.45) is 1.84. The molecule has 1 aromatic heterocycles. The van der Waals surface area contributed by atoms with Crippen molar-refractivity contribution in [3.8, 4) is 0 Å². The Hall–Kier alpha value is -2.99. The Kier molecular flexibility index (Phi) is 4.75. The molecule has 2 heterocycles. The molecule has 0 spiro atoms. The Balaban J connectivity index is 1.32. The highest BCUT2D eigenvalue weighted by Crippen LogP contribution is 2.12. The molecule has 0 unspecified atom stereocenters. The monoisotopic (exact) mass is 347 g/mol. The van der Waals surface area contributed by atoms with Crippen LogP contribution in [0.3, 0.4) is 0 Å². The van der Waals surface area contributed by atoms with Crippen LogP contribution in [-0.4, -0.2) is 52.0 Å². The normalized spacial score (nSPS) is 15.2. The number of carbonyl (C=O) groups is 1. The molecule has 2 amide bonds. The number of urea groups is 1. The summed E-state index contributed by atoms with van der Waals surface area (Å²) in [6.45, 7) is 3.83. The zero-order valence-corrected chi connectivity index (χ0v) is 14.5. The maximum atomic E-state index is 12.4. The third kappa shape index (κ3) is 3.81. The van der Waals surface area contributed by atoms with Gasteiger partial charge in [-0.2, -0.15) is 0 Å². The standard InChI is InChI=1S/C20H21N5O/c26-20(23-16-6-2-1-3-7-16)25-12-10-24(11-13-25)15-17-14-21-18-8-4-5-9-19(18)22-17/h1-9,14H,10-13,15H2,(H,23,26). The number of anilines is 1. The topological polar surface area (TPSA) is 61.4 Å². The smallest absolute Gasteiger partial charge is 0.321 e. The molecule has 132 valence electrons. The van der Waals surface area contributed by atoms with Gasteiger partial charge in [-0.05, 0) is 24.3 Å². The summed E-state index contributed by atoms with van der Waals surface area (Å²) in [6, 6.07) is 17.4. The second kappa shape index (κ2) is 7.49. The summed E-state index contributed by atoms with van der Waals surface area (Å²) < 4.78 is 0. The Morgan fingerprint density at radius 2 is 1.62 bits per heavy atom. The van der Waals surface area contributed by atoms with Gasteiger partial charge in [0.1, 0.15) is 0 Å². The molecule has 26 heavy (non-hydrogen) atoms. The minimum atomic E-state index is -0.0404. The predicted octanol–water partition coefficient (Wildman–Crippen LogP) is 2.98. The van der Waals surface area contributed by atoms with Gasteiger partial charge in [0.05, 0.1) is 22.9 Å². The summed E-state index contributed by atoms with van der Waals surface area (Å²) in [5.74, 6) is 0. The summed E-state index contributed by atoms with van der Waals surface area (Å²) >= 11 is 0. The van der Waals surface area contributed by atoms with Gasteiger partial charge in [0.25, 0.3) is 0 Å². The molecule has 0 bridgehead atoms. The largest absolute Gasteiger partial charge is 0.322 e. The van der Waals surface area contributed by atoms with E-state index >= 15 is 0 Å². The minimum Gasteiger partial charge on any atom is -0.322 e. The van der Waals surface area contributed by atoms with Crippen molar-refractivity contribution < 1.29 is 4.79 Å². The maximum Gasteiger partial charge on any atom is 0.321 e. The zero-order valence-electron chi connectivity index (χ0n) is 14.5. The minimum absolute atomic E-state index is 0.0404. The Morgan fingerprint density at radius 1 is 0.923 bits per heavy atom. The first-order valence-electron chi connectivity index (χ1n) is 8.82. The number of benzene rings is 2. The van der Waals surface area contributed by atoms with Gasteiger partial charge in [0.15, 0.2) is 0 Å². The lowest BCUT2D eigenvalue weighted by molar-refractivity contribution is 0.142. The number of amides is 2. The van der Waals surface area contributed by atoms with Gasteiger partial charge < -0.3 is 10.2 Å². The molecule has 3 aromatic rings. The van der Waals surface area contributed by atoms with Crippen molar-refractivity contribution >= 4 is 22.8 Å². The number of aromatic nitrogens is 2. The van der Waals surface area contributed by atoms with Crippen LogP contribution in [0.25, 0.3) is 11.0 Å². The van der Waals surface area contributed by atoms with Crippen molar-refractivity contribution in [2.75, 3.05) is 31.5 Å². The molecule has 4 rings (SSSR count). The number of piperazine rings is 1. The Bertz CT molecular complexity index is 891. The average molecular weight is 347 g/mol. The van der Waals surface area contributed by atoms with E-state index in [0.717, 1.165) is 42.0 Å². The van der Waals surface area contributed by atoms with E-state index in [1.807, 2.05) is 65.7 Å². The van der Waals surface area contributed by atoms with Crippen LogP contribution in [0.1, 0.15) is 5.69 Å². The number of nitrogens with one attached hydrogen (secondary N) is 1. The molecule has 6 nitrogen and oxygen atoms in total. The van der Waals surface area contributed by atoms with Crippen LogP contribution in [0.2, 0.25) is 0 Å². The number of hydrogen-bond donors (Lipinski definition) is 1. The van der Waals surface area contributed by atoms with Crippen molar-refractivity contribution in [2.45, 2.75) is 6.54 Å². The molecule has 0 aliphatic carbocycles. The molecule has 1 saturated heterocycles. The molecule has 0 atom stereocenters. The summed E-state index contributed by atoms with van der Waals surface area (Å²) in [7, 11) is 0. The fourth-order valence-electron chi connectivity index (χ4n) is 3.13. The van der Waals surface area contributed by atoms with E-state index in [1.54, 1.807) is 0 Å². The first kappa shape index (κ1) is 16.5. The van der Waals surface area contributed by atoms with Crippen LogP contribution in [0, 0.1) is 0 Å². The fourth-order valence-corrected chi connectivity index (χ4v) is 3.13. The van der Waals surface area contributed by atoms with Gasteiger partial charge in [-0.25, -0.2) is 9.78 Å². The third-order valence-electron chi connectivity index (χ3n) is 4.57. The number of para-hydroxylation sites is 3. The molecule has 1 N–H and O–H groups in total. The third-order valence-corrected chi connectivity index (χ3v) is 4.57. The number of rotatable bonds is 3. The first-order valence-corrected chi connectivity index (χ1v) is 8.82. The van der Waals surface area contributed by atoms with Crippen LogP contribution in [0.4, 0.5) is 10.5 Å². The second-order valence-corrected chi connectivity index (χ2v) is 6.41. The van der Waals surface area contributed by atoms with E-state index in [0.29, 0.717) is 13.1 Å². The van der Waals surface area contributed by atoms with E-state index in [1.165, 1.54) is 0 Å². The highest BCUT2D eigenvalue weighted by atomic mass is 16.2. The van der Waals surface area contributed by atoms with E-state index in [-0.39, 0.29) is 6.03 Å². The van der Waals surface area contributed by atoms with Crippen LogP contribution in [0.5, 0.6) is 0 Å². The highest BCUT2D eigenvalue weighted by Gasteiger charge is 2.21. The van der Waals surface area contributed by atoms with Gasteiger partial charge in [0, 0.05) is 38.4 Å². The van der Waals surface area contributed by atoms with Gasteiger partial charge >= 0.3 is 6.03 Å². The molecule has 0 radical (unpaired) electrons. The van der Waals surface area contributed by atoms with Gasteiger partial charge in [-0.15, -0.1) is 0 Å². The lowest BCUT2D eigenvalue weighted by Crippen LogP contribution is -2.49. The molecule has 2 aromatic carbocycles. The summed E-state index contributed by atoms with van der Waals surface area (Å²) in [5, 5.41) is 2.94. The Labute approximate surface area is 152 Å². The summed E-state index contributed by atoms with van der Waals surface area (Å²) in [5.41, 5.74) is 3.63. The number of carbonyl (C=O) groups excluding carboxylic acids is 1. The van der Waals surface area contributed by atoms with Crippen molar-refractivity contribution in [1.29, 1.82) is 0 Å². The Morgan fingerprint density at radius 3 is 2.38 bits per heavy atom. The number of hydrogen-bond acceptors (Lipinski definition) is 4. The SMILES string of the molecule is O=C(Nc1ccccc1)N1CCN(Cc2cnc3ccccc3n2)CC1. The number of fused-ring (bicyclic) bond motifs is 1. The maximum absolute atomic E-state index is 12.4. The van der Waals surface area contributed by atoms with Crippen molar-refractivity contribution in [1.82, 2.24) is 19.8 Å². The van der Waals surface area contributed by atoms with Crippen molar-refractivity contribution in [3.05, 3.63) is 66.5 Å². The molecule has 1 fully saturated rings. The average Bonchev–Trinajstić information content (AvgIpc) is 2.69. The lowest BCUT2D eigenvalue weighted by Gasteiger charge is -2.34. The van der Waals surface area contributed by atoms with E-state index < -0.39 is 0 Å². The van der Waals surface area contributed by atoms with Gasteiger partial charge in [-0.1, -0.05) is 30.3 Å². The van der Waals surface area contributed by atoms with E-state index in [4.69, 9.17) is 0 Å². The summed E-state index contributed by atoms with van der Waals surface area (Å²) in [4.78, 5) is 25.7. The fraction of sp³-hybridized carbons (Fsp3) is 0.250. The predicted molar refractivity (Wildman–Crippen MR) is 102 cm³/mol.